The van der Waals surface area contributed by atoms with E-state index in [-0.39, 0.29) is 6.10 Å². The van der Waals surface area contributed by atoms with Gasteiger partial charge in [-0.05, 0) is 54.8 Å². The lowest BCUT2D eigenvalue weighted by Gasteiger charge is -2.37. The molecule has 0 radical (unpaired) electrons. The van der Waals surface area contributed by atoms with Crippen LogP contribution in [-0.2, 0) is 10.3 Å². The summed E-state index contributed by atoms with van der Waals surface area (Å²) in [6.07, 6.45) is 0.0226. The highest BCUT2D eigenvalue weighted by atomic mass is 16.5. The molecular weight excluding hydrogens is 336 g/mol. The highest BCUT2D eigenvalue weighted by Gasteiger charge is 2.38. The first kappa shape index (κ1) is 19.0. The van der Waals surface area contributed by atoms with Crippen LogP contribution in [0.15, 0.2) is 78.9 Å². The van der Waals surface area contributed by atoms with Gasteiger partial charge in [0.05, 0.1) is 20.3 Å². The van der Waals surface area contributed by atoms with Gasteiger partial charge >= 0.3 is 0 Å². The molecule has 0 heterocycles. The van der Waals surface area contributed by atoms with Crippen LogP contribution in [0.25, 0.3) is 0 Å². The van der Waals surface area contributed by atoms with Gasteiger partial charge < -0.3 is 14.2 Å². The first-order chi connectivity index (χ1) is 13.1. The summed E-state index contributed by atoms with van der Waals surface area (Å²) in [6, 6.07) is 26.5. The van der Waals surface area contributed by atoms with Gasteiger partial charge in [-0.25, -0.2) is 0 Å². The predicted octanol–water partition coefficient (Wildman–Crippen LogP) is 5.42. The zero-order valence-corrected chi connectivity index (χ0v) is 16.3. The normalized spacial score (nSPS) is 11.4. The molecule has 3 aromatic carbocycles. The van der Waals surface area contributed by atoms with Crippen molar-refractivity contribution in [2.24, 2.45) is 0 Å². The van der Waals surface area contributed by atoms with E-state index in [9.17, 15) is 0 Å². The van der Waals surface area contributed by atoms with Crippen molar-refractivity contribution in [2.75, 3.05) is 14.2 Å². The monoisotopic (exact) mass is 362 g/mol. The molecule has 0 saturated carbocycles. The molecular formula is C24H26O3. The average molecular weight is 362 g/mol. The maximum atomic E-state index is 6.66. The van der Waals surface area contributed by atoms with E-state index in [1.54, 1.807) is 14.2 Å². The van der Waals surface area contributed by atoms with Crippen molar-refractivity contribution in [3.05, 3.63) is 95.6 Å². The van der Waals surface area contributed by atoms with Crippen LogP contribution < -0.4 is 9.47 Å². The van der Waals surface area contributed by atoms with Crippen LogP contribution in [0.3, 0.4) is 0 Å². The predicted molar refractivity (Wildman–Crippen MR) is 109 cm³/mol. The van der Waals surface area contributed by atoms with E-state index in [0.29, 0.717) is 0 Å². The standard InChI is InChI=1S/C24H26O3/c1-18(2)27-24(19-8-6-5-7-9-19,20-10-14-22(25-3)15-11-20)21-12-16-23(26-4)17-13-21/h5-18H,1-4H3. The molecule has 0 aliphatic heterocycles. The lowest BCUT2D eigenvalue weighted by atomic mass is 9.79. The Morgan fingerprint density at radius 2 is 1.00 bits per heavy atom. The van der Waals surface area contributed by atoms with Crippen LogP contribution in [0.5, 0.6) is 11.5 Å². The fraction of sp³-hybridized carbons (Fsp3) is 0.250. The van der Waals surface area contributed by atoms with E-state index >= 15 is 0 Å². The Bertz CT molecular complexity index is 790. The van der Waals surface area contributed by atoms with Crippen LogP contribution in [-0.4, -0.2) is 20.3 Å². The van der Waals surface area contributed by atoms with Crippen molar-refractivity contribution in [3.63, 3.8) is 0 Å². The number of benzene rings is 3. The minimum absolute atomic E-state index is 0.0226. The Labute approximate surface area is 161 Å². The maximum Gasteiger partial charge on any atom is 0.144 e. The lowest BCUT2D eigenvalue weighted by molar-refractivity contribution is -0.0293. The quantitative estimate of drug-likeness (QED) is 0.525. The van der Waals surface area contributed by atoms with Gasteiger partial charge in [-0.15, -0.1) is 0 Å². The summed E-state index contributed by atoms with van der Waals surface area (Å²) in [6.45, 7) is 4.12. The molecule has 0 amide bonds. The molecule has 27 heavy (non-hydrogen) atoms. The smallest absolute Gasteiger partial charge is 0.144 e. The van der Waals surface area contributed by atoms with Crippen molar-refractivity contribution >= 4 is 0 Å². The summed E-state index contributed by atoms with van der Waals surface area (Å²) in [4.78, 5) is 0. The molecule has 3 heteroatoms. The van der Waals surface area contributed by atoms with Crippen LogP contribution in [0.2, 0.25) is 0 Å². The molecule has 0 N–H and O–H groups in total. The Kier molecular flexibility index (Phi) is 5.82. The second kappa shape index (κ2) is 8.28. The Balaban J connectivity index is 2.26. The molecule has 0 bridgehead atoms. The molecule has 0 atom stereocenters. The molecule has 3 nitrogen and oxygen atoms in total. The molecule has 140 valence electrons. The minimum Gasteiger partial charge on any atom is -0.497 e. The largest absolute Gasteiger partial charge is 0.497 e. The highest BCUT2D eigenvalue weighted by molar-refractivity contribution is 5.49. The number of ether oxygens (including phenoxy) is 3. The van der Waals surface area contributed by atoms with Gasteiger partial charge in [-0.3, -0.25) is 0 Å². The SMILES string of the molecule is COc1ccc(C(OC(C)C)(c2ccccc2)c2ccc(OC)cc2)cc1. The van der Waals surface area contributed by atoms with Gasteiger partial charge in [0.2, 0.25) is 0 Å². The Hall–Kier alpha value is -2.78. The maximum absolute atomic E-state index is 6.66. The van der Waals surface area contributed by atoms with Crippen LogP contribution in [0, 0.1) is 0 Å². The van der Waals surface area contributed by atoms with Gasteiger partial charge in [-0.1, -0.05) is 54.6 Å². The molecule has 0 aliphatic carbocycles. The number of hydrogen-bond donors (Lipinski definition) is 0. The third-order valence-corrected chi connectivity index (χ3v) is 4.59. The van der Waals surface area contributed by atoms with Crippen molar-refractivity contribution in [2.45, 2.75) is 25.6 Å². The fourth-order valence-electron chi connectivity index (χ4n) is 3.38. The van der Waals surface area contributed by atoms with Crippen molar-refractivity contribution < 1.29 is 14.2 Å². The first-order valence-electron chi connectivity index (χ1n) is 9.12. The van der Waals surface area contributed by atoms with Crippen molar-refractivity contribution in [1.29, 1.82) is 0 Å². The van der Waals surface area contributed by atoms with E-state index in [0.717, 1.165) is 28.2 Å². The van der Waals surface area contributed by atoms with E-state index in [4.69, 9.17) is 14.2 Å². The number of rotatable bonds is 7. The molecule has 3 aromatic rings. The minimum atomic E-state index is -0.728. The Morgan fingerprint density at radius 3 is 1.37 bits per heavy atom. The number of hydrogen-bond acceptors (Lipinski definition) is 3. The van der Waals surface area contributed by atoms with Crippen LogP contribution in [0.4, 0.5) is 0 Å². The van der Waals surface area contributed by atoms with E-state index in [1.165, 1.54) is 0 Å². The third kappa shape index (κ3) is 3.83. The molecule has 0 spiro atoms. The zero-order valence-electron chi connectivity index (χ0n) is 16.3. The summed E-state index contributed by atoms with van der Waals surface area (Å²) in [5.41, 5.74) is 2.45. The van der Waals surface area contributed by atoms with Gasteiger partial charge in [0.15, 0.2) is 0 Å². The van der Waals surface area contributed by atoms with E-state index in [1.807, 2.05) is 42.5 Å². The summed E-state index contributed by atoms with van der Waals surface area (Å²) in [5.74, 6) is 1.64. The average Bonchev–Trinajstić information content (AvgIpc) is 2.73. The van der Waals surface area contributed by atoms with Gasteiger partial charge in [0.1, 0.15) is 17.1 Å². The second-order valence-electron chi connectivity index (χ2n) is 6.67. The molecule has 0 aromatic heterocycles. The first-order valence-corrected chi connectivity index (χ1v) is 9.12. The highest BCUT2D eigenvalue weighted by Crippen LogP contribution is 2.42. The van der Waals surface area contributed by atoms with Gasteiger partial charge in [0.25, 0.3) is 0 Å². The molecule has 0 aliphatic rings. The van der Waals surface area contributed by atoms with E-state index in [2.05, 4.69) is 50.2 Å². The molecule has 0 unspecified atom stereocenters. The van der Waals surface area contributed by atoms with Gasteiger partial charge in [-0.2, -0.15) is 0 Å². The summed E-state index contributed by atoms with van der Waals surface area (Å²) < 4.78 is 17.4. The second-order valence-corrected chi connectivity index (χ2v) is 6.67. The molecule has 0 fully saturated rings. The van der Waals surface area contributed by atoms with E-state index < -0.39 is 5.60 Å². The van der Waals surface area contributed by atoms with Crippen molar-refractivity contribution in [3.8, 4) is 11.5 Å². The summed E-state index contributed by atoms with van der Waals surface area (Å²) in [5, 5.41) is 0. The third-order valence-electron chi connectivity index (χ3n) is 4.59. The zero-order chi connectivity index (χ0) is 19.3. The summed E-state index contributed by atoms with van der Waals surface area (Å²) in [7, 11) is 3.35. The van der Waals surface area contributed by atoms with Gasteiger partial charge in [0, 0.05) is 0 Å². The Morgan fingerprint density at radius 1 is 0.593 bits per heavy atom. The molecule has 3 rings (SSSR count). The topological polar surface area (TPSA) is 27.7 Å². The lowest BCUT2D eigenvalue weighted by Crippen LogP contribution is -2.35. The number of methoxy groups -OCH3 is 2. The van der Waals surface area contributed by atoms with Crippen LogP contribution >= 0.6 is 0 Å². The van der Waals surface area contributed by atoms with Crippen molar-refractivity contribution in [1.82, 2.24) is 0 Å². The molecule has 0 saturated heterocycles. The fourth-order valence-corrected chi connectivity index (χ4v) is 3.38. The van der Waals surface area contributed by atoms with Crippen LogP contribution in [0.1, 0.15) is 30.5 Å². The summed E-state index contributed by atoms with van der Waals surface area (Å²) >= 11 is 0.